The smallest absolute Gasteiger partial charge is 0.168 e. The van der Waals surface area contributed by atoms with E-state index < -0.39 is 0 Å². The van der Waals surface area contributed by atoms with Gasteiger partial charge >= 0.3 is 0 Å². The average molecular weight is 743 g/mol. The van der Waals surface area contributed by atoms with Crippen LogP contribution >= 0.6 is 0 Å². The van der Waals surface area contributed by atoms with E-state index in [1.807, 2.05) is 36.4 Å². The van der Waals surface area contributed by atoms with E-state index in [9.17, 15) is 0 Å². The lowest BCUT2D eigenvalue weighted by molar-refractivity contribution is 1.07. The Balaban J connectivity index is 1.13. The Hall–Kier alpha value is -7.96. The number of fused-ring (bicyclic) bond motifs is 8. The van der Waals surface area contributed by atoms with Gasteiger partial charge in [0, 0.05) is 67.0 Å². The van der Waals surface area contributed by atoms with Crippen LogP contribution in [0.3, 0.4) is 0 Å². The summed E-state index contributed by atoms with van der Waals surface area (Å²) in [5.41, 5.74) is 12.2. The quantitative estimate of drug-likeness (QED) is 0.170. The highest BCUT2D eigenvalue weighted by Gasteiger charge is 2.23. The molecule has 0 amide bonds. The Morgan fingerprint density at radius 1 is 0.328 bits per heavy atom. The molecule has 58 heavy (non-hydrogen) atoms. The first kappa shape index (κ1) is 32.3. The van der Waals surface area contributed by atoms with Crippen molar-refractivity contribution in [3.8, 4) is 45.5 Å². The molecule has 0 spiro atoms. The SMILES string of the molecule is c1ccc(-c2nnc(-c3ccccc3)n2-c2ccc(-n3c4ccccc4c4ccc5c(c6cc7ccn(-c8ccccc8)c7cc6n5-c5ccccc5)c43)cc2)cc1. The van der Waals surface area contributed by atoms with Gasteiger partial charge in [-0.1, -0.05) is 121 Å². The van der Waals surface area contributed by atoms with Crippen molar-refractivity contribution in [2.24, 2.45) is 0 Å². The lowest BCUT2D eigenvalue weighted by Gasteiger charge is -2.14. The zero-order valence-corrected chi connectivity index (χ0v) is 31.3. The summed E-state index contributed by atoms with van der Waals surface area (Å²) < 4.78 is 9.34. The predicted octanol–water partition coefficient (Wildman–Crippen LogP) is 12.7. The fraction of sp³-hybridized carbons (Fsp3) is 0. The van der Waals surface area contributed by atoms with Crippen molar-refractivity contribution >= 4 is 54.5 Å². The van der Waals surface area contributed by atoms with Crippen LogP contribution in [0.4, 0.5) is 0 Å². The van der Waals surface area contributed by atoms with Crippen molar-refractivity contribution in [1.29, 1.82) is 0 Å². The van der Waals surface area contributed by atoms with Gasteiger partial charge in [0.25, 0.3) is 0 Å². The summed E-state index contributed by atoms with van der Waals surface area (Å²) in [7, 11) is 0. The zero-order chi connectivity index (χ0) is 38.2. The van der Waals surface area contributed by atoms with Crippen LogP contribution in [-0.2, 0) is 0 Å². The largest absolute Gasteiger partial charge is 0.316 e. The minimum Gasteiger partial charge on any atom is -0.316 e. The van der Waals surface area contributed by atoms with Gasteiger partial charge < -0.3 is 13.7 Å². The summed E-state index contributed by atoms with van der Waals surface area (Å²) in [6, 6.07) is 71.1. The first-order valence-corrected chi connectivity index (χ1v) is 19.6. The van der Waals surface area contributed by atoms with E-state index in [1.54, 1.807) is 0 Å². The molecule has 0 bridgehead atoms. The zero-order valence-electron chi connectivity index (χ0n) is 31.3. The maximum absolute atomic E-state index is 4.73. The molecule has 12 aromatic rings. The second kappa shape index (κ2) is 12.8. The number of aromatic nitrogens is 6. The first-order chi connectivity index (χ1) is 28.8. The van der Waals surface area contributed by atoms with E-state index in [0.29, 0.717) is 0 Å². The van der Waals surface area contributed by atoms with Gasteiger partial charge in [-0.25, -0.2) is 0 Å². The van der Waals surface area contributed by atoms with Crippen molar-refractivity contribution in [3.05, 3.63) is 206 Å². The van der Waals surface area contributed by atoms with Crippen LogP contribution in [0.15, 0.2) is 206 Å². The standard InChI is InChI=1S/C52H34N6/c1-5-15-35(16-6-1)51-53-54-52(36-17-7-2-8-18-36)58(51)41-27-25-40(26-28-41)57-45-24-14-13-23-42(45)43-29-30-46-49(50(43)57)44-33-37-31-32-55(38-19-9-3-10-20-38)47(37)34-48(44)56(46)39-21-11-4-12-22-39/h1-34H. The minimum absolute atomic E-state index is 0.798. The third-order valence-corrected chi connectivity index (χ3v) is 11.5. The number of nitrogens with zero attached hydrogens (tertiary/aromatic N) is 6. The normalized spacial score (nSPS) is 11.8. The molecule has 6 nitrogen and oxygen atoms in total. The first-order valence-electron chi connectivity index (χ1n) is 19.6. The molecule has 0 saturated carbocycles. The summed E-state index contributed by atoms with van der Waals surface area (Å²) in [6.07, 6.45) is 2.18. The molecular weight excluding hydrogens is 709 g/mol. The number of hydrogen-bond acceptors (Lipinski definition) is 2. The summed E-state index contributed by atoms with van der Waals surface area (Å²) in [5.74, 6) is 1.60. The van der Waals surface area contributed by atoms with Crippen molar-refractivity contribution < 1.29 is 0 Å². The third-order valence-electron chi connectivity index (χ3n) is 11.5. The maximum Gasteiger partial charge on any atom is 0.168 e. The molecule has 0 aliphatic carbocycles. The van der Waals surface area contributed by atoms with E-state index in [1.165, 1.54) is 43.5 Å². The van der Waals surface area contributed by atoms with Gasteiger partial charge in [0.15, 0.2) is 11.6 Å². The molecule has 6 heteroatoms. The highest BCUT2D eigenvalue weighted by atomic mass is 15.3. The van der Waals surface area contributed by atoms with Gasteiger partial charge in [-0.05, 0) is 78.9 Å². The van der Waals surface area contributed by atoms with Gasteiger partial charge in [0.05, 0.1) is 27.6 Å². The van der Waals surface area contributed by atoms with Gasteiger partial charge in [-0.2, -0.15) is 0 Å². The van der Waals surface area contributed by atoms with Crippen LogP contribution in [0.2, 0.25) is 0 Å². The van der Waals surface area contributed by atoms with E-state index >= 15 is 0 Å². The lowest BCUT2D eigenvalue weighted by atomic mass is 10.1. The summed E-state index contributed by atoms with van der Waals surface area (Å²) in [4.78, 5) is 0. The monoisotopic (exact) mass is 742 g/mol. The second-order valence-corrected chi connectivity index (χ2v) is 14.8. The predicted molar refractivity (Wildman–Crippen MR) is 238 cm³/mol. The molecule has 4 heterocycles. The Kier molecular flexibility index (Phi) is 7.13. The van der Waals surface area contributed by atoms with E-state index in [0.717, 1.165) is 56.6 Å². The van der Waals surface area contributed by atoms with Crippen LogP contribution in [-0.4, -0.2) is 28.5 Å². The molecule has 0 atom stereocenters. The lowest BCUT2D eigenvalue weighted by Crippen LogP contribution is -2.01. The highest BCUT2D eigenvalue weighted by Crippen LogP contribution is 2.43. The molecule has 12 rings (SSSR count). The fourth-order valence-corrected chi connectivity index (χ4v) is 8.95. The summed E-state index contributed by atoms with van der Waals surface area (Å²) in [5, 5.41) is 15.5. The van der Waals surface area contributed by atoms with Crippen molar-refractivity contribution in [3.63, 3.8) is 0 Å². The van der Waals surface area contributed by atoms with Crippen molar-refractivity contribution in [2.75, 3.05) is 0 Å². The second-order valence-electron chi connectivity index (χ2n) is 14.8. The molecule has 272 valence electrons. The molecule has 0 saturated heterocycles. The maximum atomic E-state index is 4.73. The third kappa shape index (κ3) is 4.85. The summed E-state index contributed by atoms with van der Waals surface area (Å²) in [6.45, 7) is 0. The van der Waals surface area contributed by atoms with Crippen molar-refractivity contribution in [2.45, 2.75) is 0 Å². The van der Waals surface area contributed by atoms with E-state index in [4.69, 9.17) is 10.2 Å². The molecule has 4 aromatic heterocycles. The molecule has 0 unspecified atom stereocenters. The minimum atomic E-state index is 0.798. The van der Waals surface area contributed by atoms with Crippen molar-refractivity contribution in [1.82, 2.24) is 28.5 Å². The number of hydrogen-bond donors (Lipinski definition) is 0. The van der Waals surface area contributed by atoms with E-state index in [-0.39, 0.29) is 0 Å². The molecule has 0 aliphatic heterocycles. The van der Waals surface area contributed by atoms with Crippen LogP contribution in [0.5, 0.6) is 0 Å². The van der Waals surface area contributed by atoms with E-state index in [2.05, 4.69) is 188 Å². The summed E-state index contributed by atoms with van der Waals surface area (Å²) >= 11 is 0. The van der Waals surface area contributed by atoms with Crippen LogP contribution in [0.25, 0.3) is 100 Å². The number of para-hydroxylation sites is 3. The topological polar surface area (TPSA) is 45.5 Å². The van der Waals surface area contributed by atoms with Gasteiger partial charge in [-0.15, -0.1) is 10.2 Å². The Morgan fingerprint density at radius 3 is 1.53 bits per heavy atom. The Bertz CT molecular complexity index is 3410. The number of benzene rings is 8. The molecule has 0 aliphatic rings. The van der Waals surface area contributed by atoms with Crippen LogP contribution in [0.1, 0.15) is 0 Å². The number of rotatable bonds is 6. The average Bonchev–Trinajstić information content (AvgIpc) is 4.08. The fourth-order valence-electron chi connectivity index (χ4n) is 8.95. The van der Waals surface area contributed by atoms with Crippen LogP contribution in [0, 0.1) is 0 Å². The Labute approximate surface area is 333 Å². The Morgan fingerprint density at radius 2 is 0.879 bits per heavy atom. The van der Waals surface area contributed by atoms with Gasteiger partial charge in [0.1, 0.15) is 0 Å². The molecular formula is C52H34N6. The highest BCUT2D eigenvalue weighted by molar-refractivity contribution is 6.27. The molecule has 0 N–H and O–H groups in total. The molecule has 8 aromatic carbocycles. The molecule has 0 fully saturated rings. The molecule has 0 radical (unpaired) electrons. The van der Waals surface area contributed by atoms with Gasteiger partial charge in [0.2, 0.25) is 0 Å². The van der Waals surface area contributed by atoms with Crippen LogP contribution < -0.4 is 0 Å². The van der Waals surface area contributed by atoms with Gasteiger partial charge in [-0.3, -0.25) is 4.57 Å².